The number of hydrogen-bond donors (Lipinski definition) is 2. The van der Waals surface area contributed by atoms with Gasteiger partial charge >= 0.3 is 0 Å². The first kappa shape index (κ1) is 15.9. The summed E-state index contributed by atoms with van der Waals surface area (Å²) in [4.78, 5) is 16.6. The van der Waals surface area contributed by atoms with Gasteiger partial charge in [-0.3, -0.25) is 4.79 Å². The zero-order chi connectivity index (χ0) is 16.1. The average molecular weight is 333 g/mol. The first-order valence-electron chi connectivity index (χ1n) is 7.44. The topological polar surface area (TPSA) is 86.5 Å². The molecule has 0 radical (unpaired) electrons. The maximum atomic E-state index is 12.4. The quantitative estimate of drug-likeness (QED) is 0.876. The number of nitrogens with zero attached hydrogens (tertiary/aromatic N) is 1. The molecule has 3 rings (SSSR count). The molecule has 7 heteroatoms. The SMILES string of the molecule is NC1(C(=O)Nc2cccc(OCc3cscn3)c2)CCOCC1. The highest BCUT2D eigenvalue weighted by Crippen LogP contribution is 2.23. The highest BCUT2D eigenvalue weighted by molar-refractivity contribution is 7.07. The molecule has 1 saturated heterocycles. The summed E-state index contributed by atoms with van der Waals surface area (Å²) in [6.45, 7) is 1.43. The van der Waals surface area contributed by atoms with Crippen molar-refractivity contribution in [1.29, 1.82) is 0 Å². The van der Waals surface area contributed by atoms with Gasteiger partial charge in [-0.05, 0) is 25.0 Å². The van der Waals surface area contributed by atoms with Crippen molar-refractivity contribution in [1.82, 2.24) is 4.98 Å². The molecule has 2 heterocycles. The summed E-state index contributed by atoms with van der Waals surface area (Å²) in [5, 5.41) is 4.81. The highest BCUT2D eigenvalue weighted by atomic mass is 32.1. The zero-order valence-electron chi connectivity index (χ0n) is 12.7. The smallest absolute Gasteiger partial charge is 0.244 e. The lowest BCUT2D eigenvalue weighted by Gasteiger charge is -2.31. The Bertz CT molecular complexity index is 654. The van der Waals surface area contributed by atoms with Gasteiger partial charge < -0.3 is 20.5 Å². The molecular weight excluding hydrogens is 314 g/mol. The summed E-state index contributed by atoms with van der Waals surface area (Å²) in [5.41, 5.74) is 8.63. The normalized spacial score (nSPS) is 16.7. The largest absolute Gasteiger partial charge is 0.487 e. The molecule has 1 aliphatic heterocycles. The van der Waals surface area contributed by atoms with Crippen molar-refractivity contribution in [3.8, 4) is 5.75 Å². The molecule has 1 fully saturated rings. The first-order chi connectivity index (χ1) is 11.2. The Labute approximate surface area is 138 Å². The van der Waals surface area contributed by atoms with Gasteiger partial charge in [-0.2, -0.15) is 0 Å². The van der Waals surface area contributed by atoms with Crippen LogP contribution in [-0.4, -0.2) is 29.6 Å². The number of benzene rings is 1. The molecule has 1 aliphatic rings. The molecule has 0 saturated carbocycles. The minimum atomic E-state index is -0.865. The summed E-state index contributed by atoms with van der Waals surface area (Å²) in [5.74, 6) is 0.492. The van der Waals surface area contributed by atoms with E-state index < -0.39 is 5.54 Å². The Balaban J connectivity index is 1.61. The number of ether oxygens (including phenoxy) is 2. The number of carbonyl (C=O) groups excluding carboxylic acids is 1. The maximum absolute atomic E-state index is 12.4. The van der Waals surface area contributed by atoms with Crippen molar-refractivity contribution < 1.29 is 14.3 Å². The second-order valence-electron chi connectivity index (χ2n) is 5.52. The average Bonchev–Trinajstić information content (AvgIpc) is 3.07. The zero-order valence-corrected chi connectivity index (χ0v) is 13.5. The van der Waals surface area contributed by atoms with E-state index in [1.54, 1.807) is 11.6 Å². The Morgan fingerprint density at radius 2 is 2.26 bits per heavy atom. The van der Waals surface area contributed by atoms with E-state index in [0.29, 0.717) is 44.1 Å². The van der Waals surface area contributed by atoms with E-state index in [1.807, 2.05) is 23.6 Å². The Hall–Kier alpha value is -1.96. The van der Waals surface area contributed by atoms with Crippen LogP contribution < -0.4 is 15.8 Å². The van der Waals surface area contributed by atoms with Crippen LogP contribution in [0.3, 0.4) is 0 Å². The second kappa shape index (κ2) is 7.08. The number of nitrogens with one attached hydrogen (secondary N) is 1. The molecule has 0 unspecified atom stereocenters. The van der Waals surface area contributed by atoms with Crippen molar-refractivity contribution >= 4 is 22.9 Å². The van der Waals surface area contributed by atoms with Gasteiger partial charge in [-0.15, -0.1) is 11.3 Å². The number of rotatable bonds is 5. The van der Waals surface area contributed by atoms with Crippen LogP contribution in [0.15, 0.2) is 35.2 Å². The molecule has 2 aromatic rings. The van der Waals surface area contributed by atoms with Crippen LogP contribution in [0.2, 0.25) is 0 Å². The van der Waals surface area contributed by atoms with Crippen LogP contribution in [-0.2, 0) is 16.1 Å². The number of amides is 1. The number of carbonyl (C=O) groups is 1. The molecule has 122 valence electrons. The summed E-state index contributed by atoms with van der Waals surface area (Å²) >= 11 is 1.53. The fourth-order valence-corrected chi connectivity index (χ4v) is 2.89. The lowest BCUT2D eigenvalue weighted by Crippen LogP contribution is -2.54. The van der Waals surface area contributed by atoms with E-state index in [0.717, 1.165) is 5.69 Å². The summed E-state index contributed by atoms with van der Waals surface area (Å²) in [6.07, 6.45) is 1.05. The van der Waals surface area contributed by atoms with Crippen LogP contribution in [0.25, 0.3) is 0 Å². The van der Waals surface area contributed by atoms with Crippen LogP contribution in [0.4, 0.5) is 5.69 Å². The Kier molecular flexibility index (Phi) is 4.90. The monoisotopic (exact) mass is 333 g/mol. The predicted octanol–water partition coefficient (Wildman–Crippen LogP) is 2.17. The molecule has 1 amide bonds. The third-order valence-corrected chi connectivity index (χ3v) is 4.43. The van der Waals surface area contributed by atoms with E-state index in [-0.39, 0.29) is 5.91 Å². The number of thiazole rings is 1. The predicted molar refractivity (Wildman–Crippen MR) is 88.5 cm³/mol. The lowest BCUT2D eigenvalue weighted by molar-refractivity contribution is -0.124. The standard InChI is InChI=1S/C16H19N3O3S/c17-16(4-6-21-7-5-16)15(20)19-12-2-1-3-14(8-12)22-9-13-10-23-11-18-13/h1-3,8,10-11H,4-7,9,17H2,(H,19,20). The minimum Gasteiger partial charge on any atom is -0.487 e. The third kappa shape index (κ3) is 4.07. The molecule has 6 nitrogen and oxygen atoms in total. The molecule has 0 bridgehead atoms. The summed E-state index contributed by atoms with van der Waals surface area (Å²) in [7, 11) is 0. The van der Waals surface area contributed by atoms with Gasteiger partial charge in [0.15, 0.2) is 0 Å². The van der Waals surface area contributed by atoms with Gasteiger partial charge in [0, 0.05) is 30.3 Å². The van der Waals surface area contributed by atoms with Gasteiger partial charge in [0.25, 0.3) is 0 Å². The fraction of sp³-hybridized carbons (Fsp3) is 0.375. The van der Waals surface area contributed by atoms with E-state index in [1.165, 1.54) is 11.3 Å². The fourth-order valence-electron chi connectivity index (χ4n) is 2.35. The van der Waals surface area contributed by atoms with Gasteiger partial charge in [0.05, 0.1) is 11.2 Å². The molecule has 0 spiro atoms. The Morgan fingerprint density at radius 1 is 1.43 bits per heavy atom. The first-order valence-corrected chi connectivity index (χ1v) is 8.38. The van der Waals surface area contributed by atoms with E-state index in [4.69, 9.17) is 15.2 Å². The molecule has 0 aliphatic carbocycles. The van der Waals surface area contributed by atoms with Crippen LogP contribution in [0.1, 0.15) is 18.5 Å². The van der Waals surface area contributed by atoms with Gasteiger partial charge in [0.2, 0.25) is 5.91 Å². The Morgan fingerprint density at radius 3 is 3.00 bits per heavy atom. The van der Waals surface area contributed by atoms with Gasteiger partial charge in [0.1, 0.15) is 17.9 Å². The van der Waals surface area contributed by atoms with Crippen LogP contribution in [0, 0.1) is 0 Å². The minimum absolute atomic E-state index is 0.183. The maximum Gasteiger partial charge on any atom is 0.244 e. The lowest BCUT2D eigenvalue weighted by atomic mass is 9.90. The summed E-state index contributed by atoms with van der Waals surface area (Å²) in [6, 6.07) is 7.27. The van der Waals surface area contributed by atoms with Crippen LogP contribution in [0.5, 0.6) is 5.75 Å². The van der Waals surface area contributed by atoms with E-state index in [9.17, 15) is 4.79 Å². The number of anilines is 1. The van der Waals surface area contributed by atoms with Crippen molar-refractivity contribution in [3.05, 3.63) is 40.8 Å². The third-order valence-electron chi connectivity index (χ3n) is 3.80. The molecule has 1 aromatic heterocycles. The molecular formula is C16H19N3O3S. The molecule has 1 aromatic carbocycles. The molecule has 23 heavy (non-hydrogen) atoms. The molecule has 0 atom stereocenters. The number of nitrogens with two attached hydrogens (primary N) is 1. The van der Waals surface area contributed by atoms with E-state index >= 15 is 0 Å². The highest BCUT2D eigenvalue weighted by Gasteiger charge is 2.35. The van der Waals surface area contributed by atoms with Crippen molar-refractivity contribution in [3.63, 3.8) is 0 Å². The number of hydrogen-bond acceptors (Lipinski definition) is 6. The summed E-state index contributed by atoms with van der Waals surface area (Å²) < 4.78 is 11.0. The van der Waals surface area contributed by atoms with Crippen LogP contribution >= 0.6 is 11.3 Å². The van der Waals surface area contributed by atoms with Gasteiger partial charge in [-0.25, -0.2) is 4.98 Å². The second-order valence-corrected chi connectivity index (χ2v) is 6.24. The van der Waals surface area contributed by atoms with Crippen molar-refractivity contribution in [2.45, 2.75) is 25.0 Å². The van der Waals surface area contributed by atoms with Gasteiger partial charge in [-0.1, -0.05) is 6.07 Å². The van der Waals surface area contributed by atoms with Crippen molar-refractivity contribution in [2.24, 2.45) is 5.73 Å². The van der Waals surface area contributed by atoms with E-state index in [2.05, 4.69) is 10.3 Å². The van der Waals surface area contributed by atoms with Crippen molar-refractivity contribution in [2.75, 3.05) is 18.5 Å². The number of aromatic nitrogens is 1. The molecule has 3 N–H and O–H groups in total.